The van der Waals surface area contributed by atoms with Crippen molar-refractivity contribution in [2.75, 3.05) is 26.3 Å². The molecule has 4 nitrogen and oxygen atoms in total. The molecule has 1 fully saturated rings. The van der Waals surface area contributed by atoms with Gasteiger partial charge in [0.25, 0.3) is 0 Å². The lowest BCUT2D eigenvalue weighted by Crippen LogP contribution is -2.44. The third-order valence-corrected chi connectivity index (χ3v) is 4.77. The lowest BCUT2D eigenvalue weighted by molar-refractivity contribution is 0.0530. The van der Waals surface area contributed by atoms with E-state index in [4.69, 9.17) is 9.73 Å². The van der Waals surface area contributed by atoms with E-state index >= 15 is 0 Å². The number of rotatable bonds is 6. The minimum atomic E-state index is -0.188. The van der Waals surface area contributed by atoms with E-state index in [1.165, 1.54) is 6.07 Å². The Bertz CT molecular complexity index is 547. The highest BCUT2D eigenvalue weighted by Gasteiger charge is 2.34. The Labute approximate surface area is 168 Å². The Morgan fingerprint density at radius 2 is 2.04 bits per heavy atom. The summed E-state index contributed by atoms with van der Waals surface area (Å²) in [5, 5.41) is 6.72. The summed E-state index contributed by atoms with van der Waals surface area (Å²) in [4.78, 5) is 4.82. The van der Waals surface area contributed by atoms with Crippen LogP contribution in [0.3, 0.4) is 0 Å². The van der Waals surface area contributed by atoms with Crippen molar-refractivity contribution >= 4 is 29.9 Å². The first kappa shape index (κ1) is 22.2. The first-order chi connectivity index (χ1) is 11.6. The third-order valence-electron chi connectivity index (χ3n) is 4.77. The minimum Gasteiger partial charge on any atom is -0.381 e. The Kier molecular flexibility index (Phi) is 9.71. The van der Waals surface area contributed by atoms with Gasteiger partial charge in [-0.05, 0) is 50.8 Å². The van der Waals surface area contributed by atoms with Crippen molar-refractivity contribution in [3.05, 3.63) is 35.6 Å². The van der Waals surface area contributed by atoms with Gasteiger partial charge in [0.05, 0.1) is 6.54 Å². The fourth-order valence-electron chi connectivity index (χ4n) is 3.00. The molecule has 1 aromatic carbocycles. The monoisotopic (exact) mass is 463 g/mol. The van der Waals surface area contributed by atoms with Crippen molar-refractivity contribution in [2.24, 2.45) is 4.99 Å². The molecule has 0 amide bonds. The summed E-state index contributed by atoms with van der Waals surface area (Å²) in [6.45, 7) is 9.19. The standard InChI is InChI=1S/C19H30FN3O.HI/c1-4-15(3)23-18(21-5-2)22-14-19(9-11-24-12-10-19)16-7-6-8-17(20)13-16;/h6-8,13,15H,4-5,9-12,14H2,1-3H3,(H2,21,22,23);1H. The van der Waals surface area contributed by atoms with Gasteiger partial charge in [0.1, 0.15) is 5.82 Å². The van der Waals surface area contributed by atoms with Gasteiger partial charge in [-0.1, -0.05) is 19.1 Å². The second kappa shape index (κ2) is 11.0. The van der Waals surface area contributed by atoms with Crippen LogP contribution in [-0.2, 0) is 10.2 Å². The first-order valence-electron chi connectivity index (χ1n) is 8.98. The molecule has 0 spiro atoms. The Morgan fingerprint density at radius 3 is 2.64 bits per heavy atom. The number of halogens is 2. The van der Waals surface area contributed by atoms with Crippen molar-refractivity contribution in [3.8, 4) is 0 Å². The van der Waals surface area contributed by atoms with Gasteiger partial charge in [0.2, 0.25) is 0 Å². The van der Waals surface area contributed by atoms with Crippen LogP contribution in [0.25, 0.3) is 0 Å². The Morgan fingerprint density at radius 1 is 1.32 bits per heavy atom. The van der Waals surface area contributed by atoms with Crippen molar-refractivity contribution < 1.29 is 9.13 Å². The molecule has 1 heterocycles. The number of nitrogens with zero attached hydrogens (tertiary/aromatic N) is 1. The summed E-state index contributed by atoms with van der Waals surface area (Å²) < 4.78 is 19.3. The smallest absolute Gasteiger partial charge is 0.191 e. The van der Waals surface area contributed by atoms with Gasteiger partial charge in [-0.3, -0.25) is 4.99 Å². The molecular formula is C19H31FIN3O. The number of aliphatic imine (C=N–C) groups is 1. The maximum absolute atomic E-state index is 13.7. The van der Waals surface area contributed by atoms with E-state index in [1.54, 1.807) is 12.1 Å². The molecule has 1 unspecified atom stereocenters. The van der Waals surface area contributed by atoms with Crippen LogP contribution in [-0.4, -0.2) is 38.3 Å². The van der Waals surface area contributed by atoms with Crippen LogP contribution in [0.15, 0.2) is 29.3 Å². The number of benzene rings is 1. The topological polar surface area (TPSA) is 45.7 Å². The van der Waals surface area contributed by atoms with Crippen molar-refractivity contribution in [1.82, 2.24) is 10.6 Å². The molecule has 1 aliphatic rings. The first-order valence-corrected chi connectivity index (χ1v) is 8.98. The average Bonchev–Trinajstić information content (AvgIpc) is 2.60. The van der Waals surface area contributed by atoms with E-state index < -0.39 is 0 Å². The van der Waals surface area contributed by atoms with E-state index in [0.717, 1.165) is 37.3 Å². The number of guanidine groups is 1. The molecule has 1 aliphatic heterocycles. The SMILES string of the molecule is CCNC(=NCC1(c2cccc(F)c2)CCOCC1)NC(C)CC.I. The van der Waals surface area contributed by atoms with Gasteiger partial charge >= 0.3 is 0 Å². The van der Waals surface area contributed by atoms with E-state index in [1.807, 2.05) is 6.07 Å². The number of nitrogens with one attached hydrogen (secondary N) is 2. The summed E-state index contributed by atoms with van der Waals surface area (Å²) in [7, 11) is 0. The van der Waals surface area contributed by atoms with Crippen LogP contribution in [0.1, 0.15) is 45.6 Å². The zero-order chi connectivity index (χ0) is 17.4. The Hall–Kier alpha value is -0.890. The van der Waals surface area contributed by atoms with E-state index in [0.29, 0.717) is 25.8 Å². The van der Waals surface area contributed by atoms with Crippen molar-refractivity contribution in [1.29, 1.82) is 0 Å². The molecule has 0 saturated carbocycles. The molecule has 1 atom stereocenters. The number of hydrogen-bond donors (Lipinski definition) is 2. The molecule has 142 valence electrons. The molecule has 0 radical (unpaired) electrons. The molecule has 1 saturated heterocycles. The predicted octanol–water partition coefficient (Wildman–Crippen LogP) is 3.85. The fourth-order valence-corrected chi connectivity index (χ4v) is 3.00. The lowest BCUT2D eigenvalue weighted by atomic mass is 9.74. The summed E-state index contributed by atoms with van der Waals surface area (Å²) in [6.07, 6.45) is 2.76. The van der Waals surface area contributed by atoms with Crippen LogP contribution < -0.4 is 10.6 Å². The van der Waals surface area contributed by atoms with Crippen LogP contribution in [0.2, 0.25) is 0 Å². The summed E-state index contributed by atoms with van der Waals surface area (Å²) in [5.74, 6) is 0.640. The van der Waals surface area contributed by atoms with Gasteiger partial charge in [-0.25, -0.2) is 4.39 Å². The van der Waals surface area contributed by atoms with Crippen LogP contribution in [0, 0.1) is 5.82 Å². The molecule has 0 aliphatic carbocycles. The highest BCUT2D eigenvalue weighted by molar-refractivity contribution is 14.0. The maximum Gasteiger partial charge on any atom is 0.191 e. The largest absolute Gasteiger partial charge is 0.381 e. The van der Waals surface area contributed by atoms with Crippen LogP contribution in [0.5, 0.6) is 0 Å². The molecule has 6 heteroatoms. The van der Waals surface area contributed by atoms with Gasteiger partial charge < -0.3 is 15.4 Å². The van der Waals surface area contributed by atoms with Crippen LogP contribution in [0.4, 0.5) is 4.39 Å². The highest BCUT2D eigenvalue weighted by Crippen LogP contribution is 2.35. The second-order valence-corrected chi connectivity index (χ2v) is 6.55. The molecule has 1 aromatic rings. The van der Waals surface area contributed by atoms with Gasteiger partial charge in [-0.2, -0.15) is 0 Å². The molecule has 2 rings (SSSR count). The van der Waals surface area contributed by atoms with Gasteiger partial charge in [0, 0.05) is 31.2 Å². The van der Waals surface area contributed by atoms with E-state index in [-0.39, 0.29) is 35.2 Å². The van der Waals surface area contributed by atoms with Gasteiger partial charge in [0.15, 0.2) is 5.96 Å². The summed E-state index contributed by atoms with van der Waals surface area (Å²) >= 11 is 0. The summed E-state index contributed by atoms with van der Waals surface area (Å²) in [6, 6.07) is 7.31. The fraction of sp³-hybridized carbons (Fsp3) is 0.632. The second-order valence-electron chi connectivity index (χ2n) is 6.55. The van der Waals surface area contributed by atoms with E-state index in [2.05, 4.69) is 31.4 Å². The maximum atomic E-state index is 13.7. The molecular weight excluding hydrogens is 432 g/mol. The predicted molar refractivity (Wildman–Crippen MR) is 112 cm³/mol. The zero-order valence-electron chi connectivity index (χ0n) is 15.5. The molecule has 0 aromatic heterocycles. The minimum absolute atomic E-state index is 0. The van der Waals surface area contributed by atoms with Crippen molar-refractivity contribution in [2.45, 2.75) is 51.5 Å². The quantitative estimate of drug-likeness (QED) is 0.383. The molecule has 25 heavy (non-hydrogen) atoms. The van der Waals surface area contributed by atoms with Gasteiger partial charge in [-0.15, -0.1) is 24.0 Å². The normalized spacial score (nSPS) is 18.2. The van der Waals surface area contributed by atoms with E-state index in [9.17, 15) is 4.39 Å². The Balaban J connectivity index is 0.00000312. The van der Waals surface area contributed by atoms with Crippen LogP contribution >= 0.6 is 24.0 Å². The number of hydrogen-bond acceptors (Lipinski definition) is 2. The lowest BCUT2D eigenvalue weighted by Gasteiger charge is -2.36. The average molecular weight is 463 g/mol. The summed E-state index contributed by atoms with van der Waals surface area (Å²) in [5.41, 5.74) is 0.868. The molecule has 0 bridgehead atoms. The number of ether oxygens (including phenoxy) is 1. The highest BCUT2D eigenvalue weighted by atomic mass is 127. The zero-order valence-corrected chi connectivity index (χ0v) is 17.8. The third kappa shape index (κ3) is 6.40. The van der Waals surface area contributed by atoms with Crippen molar-refractivity contribution in [3.63, 3.8) is 0 Å². The molecule has 2 N–H and O–H groups in total.